The first-order chi connectivity index (χ1) is 12.0. The molecule has 0 unspecified atom stereocenters. The van der Waals surface area contributed by atoms with E-state index >= 15 is 0 Å². The van der Waals surface area contributed by atoms with Gasteiger partial charge < -0.3 is 9.47 Å². The fraction of sp³-hybridized carbons (Fsp3) is 0.579. The Morgan fingerprint density at radius 1 is 0.760 bits per heavy atom. The lowest BCUT2D eigenvalue weighted by Gasteiger charge is -2.17. The van der Waals surface area contributed by atoms with Gasteiger partial charge in [0.2, 0.25) is 0 Å². The third kappa shape index (κ3) is 2.94. The molecule has 1 aliphatic carbocycles. The minimum absolute atomic E-state index is 0.254. The number of rotatable bonds is 6. The van der Waals surface area contributed by atoms with Gasteiger partial charge in [0.25, 0.3) is 0 Å². The third-order valence-electron chi connectivity index (χ3n) is 5.20. The van der Waals surface area contributed by atoms with E-state index in [1.54, 1.807) is 0 Å². The van der Waals surface area contributed by atoms with Crippen LogP contribution in [0.4, 0.5) is 0 Å². The molecule has 0 bridgehead atoms. The molecule has 0 saturated heterocycles. The van der Waals surface area contributed by atoms with Gasteiger partial charge in [0, 0.05) is 11.5 Å². The zero-order chi connectivity index (χ0) is 18.1. The van der Waals surface area contributed by atoms with Gasteiger partial charge >= 0.3 is 23.9 Å². The number of carbonyl (C=O) groups is 4. The van der Waals surface area contributed by atoms with Crippen LogP contribution < -0.4 is 0 Å². The molecule has 25 heavy (non-hydrogen) atoms. The van der Waals surface area contributed by atoms with Gasteiger partial charge in [0.05, 0.1) is 16.7 Å². The summed E-state index contributed by atoms with van der Waals surface area (Å²) < 4.78 is 9.71. The van der Waals surface area contributed by atoms with E-state index in [-0.39, 0.29) is 23.5 Å². The third-order valence-corrected chi connectivity index (χ3v) is 5.20. The second-order valence-corrected chi connectivity index (χ2v) is 6.81. The predicted molar refractivity (Wildman–Crippen MR) is 86.9 cm³/mol. The number of hydrogen-bond acceptors (Lipinski definition) is 6. The van der Waals surface area contributed by atoms with Gasteiger partial charge in [-0.3, -0.25) is 0 Å². The molecule has 0 aromatic heterocycles. The number of cyclic esters (lactones) is 4. The maximum absolute atomic E-state index is 12.4. The molecular formula is C19H22O6. The van der Waals surface area contributed by atoms with Gasteiger partial charge in [-0.05, 0) is 25.2 Å². The van der Waals surface area contributed by atoms with E-state index in [9.17, 15) is 19.2 Å². The summed E-state index contributed by atoms with van der Waals surface area (Å²) in [4.78, 5) is 49.2. The van der Waals surface area contributed by atoms with E-state index < -0.39 is 29.8 Å². The van der Waals surface area contributed by atoms with Crippen LogP contribution in [0, 0.1) is 11.8 Å². The molecule has 2 aliphatic heterocycles. The molecule has 0 saturated carbocycles. The van der Waals surface area contributed by atoms with E-state index in [0.717, 1.165) is 25.7 Å². The standard InChI is InChI=1S/C19H22O6/c1-3-5-7-10-9-12-14(18(22)24-16(12)20)11(8-6-4-2)15-13(10)17(21)25-19(15)23/h10-11H,3-9H2,1-2H3/t10-,11+/m1/s1. The first-order valence-electron chi connectivity index (χ1n) is 8.99. The van der Waals surface area contributed by atoms with E-state index in [1.165, 1.54) is 0 Å². The van der Waals surface area contributed by atoms with Crippen molar-refractivity contribution in [2.45, 2.75) is 58.8 Å². The number of ether oxygens (including phenoxy) is 2. The minimum atomic E-state index is -0.684. The highest BCUT2D eigenvalue weighted by molar-refractivity contribution is 6.18. The fourth-order valence-electron chi connectivity index (χ4n) is 4.00. The molecule has 3 rings (SSSR count). The van der Waals surface area contributed by atoms with Gasteiger partial charge in [-0.25, -0.2) is 19.2 Å². The van der Waals surface area contributed by atoms with Crippen molar-refractivity contribution in [3.8, 4) is 0 Å². The summed E-state index contributed by atoms with van der Waals surface area (Å²) >= 11 is 0. The second-order valence-electron chi connectivity index (χ2n) is 6.81. The van der Waals surface area contributed by atoms with Crippen LogP contribution in [0.3, 0.4) is 0 Å². The number of hydrogen-bond donors (Lipinski definition) is 0. The molecule has 0 N–H and O–H groups in total. The normalized spacial score (nSPS) is 25.8. The van der Waals surface area contributed by atoms with Crippen LogP contribution in [0.1, 0.15) is 58.8 Å². The maximum Gasteiger partial charge on any atom is 0.343 e. The van der Waals surface area contributed by atoms with Crippen LogP contribution in [0.25, 0.3) is 0 Å². The fourth-order valence-corrected chi connectivity index (χ4v) is 4.00. The van der Waals surface area contributed by atoms with Crippen LogP contribution >= 0.6 is 0 Å². The molecule has 0 spiro atoms. The molecule has 0 aromatic carbocycles. The van der Waals surface area contributed by atoms with Crippen molar-refractivity contribution in [2.75, 3.05) is 0 Å². The van der Waals surface area contributed by atoms with Gasteiger partial charge in [-0.2, -0.15) is 0 Å². The number of unbranched alkanes of at least 4 members (excludes halogenated alkanes) is 2. The Hall–Kier alpha value is -2.24. The van der Waals surface area contributed by atoms with Gasteiger partial charge in [0.15, 0.2) is 0 Å². The van der Waals surface area contributed by atoms with E-state index in [1.807, 2.05) is 13.8 Å². The van der Waals surface area contributed by atoms with Crippen molar-refractivity contribution < 1.29 is 28.7 Å². The highest BCUT2D eigenvalue weighted by atomic mass is 16.6. The maximum atomic E-state index is 12.4. The zero-order valence-corrected chi connectivity index (χ0v) is 14.6. The van der Waals surface area contributed by atoms with Crippen LogP contribution in [0.15, 0.2) is 22.3 Å². The lowest BCUT2D eigenvalue weighted by atomic mass is 9.83. The molecule has 6 heteroatoms. The average molecular weight is 346 g/mol. The Morgan fingerprint density at radius 2 is 1.32 bits per heavy atom. The summed E-state index contributed by atoms with van der Waals surface area (Å²) in [6, 6.07) is 0. The SMILES string of the molecule is CCCC[C@@H]1CC2=C(C(=O)OC2=O)[C@H](CCCC)C2=C1C(=O)OC2=O. The summed E-state index contributed by atoms with van der Waals surface area (Å²) in [6.45, 7) is 4.04. The molecule has 2 heterocycles. The lowest BCUT2D eigenvalue weighted by Crippen LogP contribution is -2.18. The highest BCUT2D eigenvalue weighted by Gasteiger charge is 2.49. The Balaban J connectivity index is 2.13. The summed E-state index contributed by atoms with van der Waals surface area (Å²) in [7, 11) is 0. The van der Waals surface area contributed by atoms with Crippen molar-refractivity contribution in [3.05, 3.63) is 22.3 Å². The Bertz CT molecular complexity index is 711. The van der Waals surface area contributed by atoms with Crippen molar-refractivity contribution in [1.82, 2.24) is 0 Å². The summed E-state index contributed by atoms with van der Waals surface area (Å²) in [5.74, 6) is -3.49. The van der Waals surface area contributed by atoms with Gasteiger partial charge in [-0.15, -0.1) is 0 Å². The van der Waals surface area contributed by atoms with Gasteiger partial charge in [-0.1, -0.05) is 39.5 Å². The zero-order valence-electron chi connectivity index (χ0n) is 14.6. The number of esters is 4. The molecular weight excluding hydrogens is 324 g/mol. The Labute approximate surface area is 146 Å². The van der Waals surface area contributed by atoms with Gasteiger partial charge in [0.1, 0.15) is 0 Å². The van der Waals surface area contributed by atoms with Crippen molar-refractivity contribution in [3.63, 3.8) is 0 Å². The summed E-state index contributed by atoms with van der Waals surface area (Å²) in [5.41, 5.74) is 1.24. The summed E-state index contributed by atoms with van der Waals surface area (Å²) in [6.07, 6.45) is 4.85. The summed E-state index contributed by atoms with van der Waals surface area (Å²) in [5, 5.41) is 0. The second kappa shape index (κ2) is 6.94. The Kier molecular flexibility index (Phi) is 4.88. The molecule has 0 radical (unpaired) electrons. The van der Waals surface area contributed by atoms with Crippen molar-refractivity contribution >= 4 is 23.9 Å². The first kappa shape index (κ1) is 17.6. The predicted octanol–water partition coefficient (Wildman–Crippen LogP) is 2.76. The molecule has 3 aliphatic rings. The topological polar surface area (TPSA) is 86.7 Å². The van der Waals surface area contributed by atoms with Crippen LogP contribution in [0.5, 0.6) is 0 Å². The Morgan fingerprint density at radius 3 is 2.00 bits per heavy atom. The van der Waals surface area contributed by atoms with E-state index in [4.69, 9.17) is 9.47 Å². The van der Waals surface area contributed by atoms with E-state index in [2.05, 4.69) is 0 Å². The largest absolute Gasteiger partial charge is 0.386 e. The lowest BCUT2D eigenvalue weighted by molar-refractivity contribution is -0.152. The first-order valence-corrected chi connectivity index (χ1v) is 8.99. The van der Waals surface area contributed by atoms with Crippen molar-refractivity contribution in [1.29, 1.82) is 0 Å². The van der Waals surface area contributed by atoms with E-state index in [0.29, 0.717) is 24.0 Å². The van der Waals surface area contributed by atoms with Crippen LogP contribution in [-0.4, -0.2) is 23.9 Å². The molecule has 6 nitrogen and oxygen atoms in total. The highest BCUT2D eigenvalue weighted by Crippen LogP contribution is 2.46. The smallest absolute Gasteiger partial charge is 0.343 e. The van der Waals surface area contributed by atoms with Crippen LogP contribution in [0.2, 0.25) is 0 Å². The molecule has 134 valence electrons. The minimum Gasteiger partial charge on any atom is -0.386 e. The molecule has 0 amide bonds. The monoisotopic (exact) mass is 346 g/mol. The molecule has 2 atom stereocenters. The molecule has 0 aromatic rings. The quantitative estimate of drug-likeness (QED) is 0.543. The average Bonchev–Trinajstić information content (AvgIpc) is 2.95. The molecule has 0 fully saturated rings. The van der Waals surface area contributed by atoms with Crippen molar-refractivity contribution in [2.24, 2.45) is 11.8 Å². The van der Waals surface area contributed by atoms with Crippen LogP contribution in [-0.2, 0) is 28.7 Å². The number of carbonyl (C=O) groups excluding carboxylic acids is 4.